The topological polar surface area (TPSA) is 43.1 Å². The van der Waals surface area contributed by atoms with Gasteiger partial charge in [-0.2, -0.15) is 0 Å². The number of thioether (sulfide) groups is 1. The number of benzene rings is 1. The molecule has 0 bridgehead atoms. The Bertz CT molecular complexity index is 668. The van der Waals surface area contributed by atoms with Crippen molar-refractivity contribution in [3.8, 4) is 0 Å². The molecule has 90 valence electrons. The smallest absolute Gasteiger partial charge is 0.165 e. The molecule has 0 unspecified atom stereocenters. The van der Waals surface area contributed by atoms with E-state index in [9.17, 15) is 0 Å². The first-order valence-electron chi connectivity index (χ1n) is 5.36. The first-order valence-corrected chi connectivity index (χ1v) is 6.72. The predicted octanol–water partition coefficient (Wildman–Crippen LogP) is 3.07. The number of rotatable bonds is 3. The van der Waals surface area contributed by atoms with Gasteiger partial charge in [0, 0.05) is 11.0 Å². The van der Waals surface area contributed by atoms with Gasteiger partial charge in [-0.3, -0.25) is 4.40 Å². The molecule has 3 aromatic rings. The number of halogens is 1. The van der Waals surface area contributed by atoms with Crippen LogP contribution in [-0.2, 0) is 5.75 Å². The molecule has 0 radical (unpaired) electrons. The molecular formula is C12H9ClN4S. The Labute approximate surface area is 113 Å². The van der Waals surface area contributed by atoms with E-state index in [1.54, 1.807) is 24.2 Å². The van der Waals surface area contributed by atoms with Crippen LogP contribution in [0.25, 0.3) is 5.65 Å². The number of hydrogen-bond acceptors (Lipinski definition) is 4. The Morgan fingerprint density at radius 1 is 1.17 bits per heavy atom. The Morgan fingerprint density at radius 2 is 2.00 bits per heavy atom. The lowest BCUT2D eigenvalue weighted by Gasteiger charge is -2.00. The largest absolute Gasteiger partial charge is 0.268 e. The molecule has 0 aliphatic heterocycles. The molecule has 6 heteroatoms. The summed E-state index contributed by atoms with van der Waals surface area (Å²) in [5.41, 5.74) is 0.721. The van der Waals surface area contributed by atoms with Gasteiger partial charge in [-0.05, 0) is 12.1 Å². The van der Waals surface area contributed by atoms with Gasteiger partial charge >= 0.3 is 0 Å². The SMILES string of the molecule is Clc1cc2nnc(CSc3ccccc3)n2cn1. The van der Waals surface area contributed by atoms with Crippen LogP contribution in [0.3, 0.4) is 0 Å². The summed E-state index contributed by atoms with van der Waals surface area (Å²) in [4.78, 5) is 5.24. The maximum atomic E-state index is 5.80. The van der Waals surface area contributed by atoms with Crippen LogP contribution in [-0.4, -0.2) is 19.6 Å². The average molecular weight is 277 g/mol. The maximum absolute atomic E-state index is 5.80. The van der Waals surface area contributed by atoms with Gasteiger partial charge in [0.2, 0.25) is 0 Å². The standard InChI is InChI=1S/C12H9ClN4S/c13-10-6-11-15-16-12(17(11)8-14-10)7-18-9-4-2-1-3-5-9/h1-6,8H,7H2. The van der Waals surface area contributed by atoms with Crippen molar-refractivity contribution in [1.82, 2.24) is 19.6 Å². The molecule has 2 heterocycles. The van der Waals surface area contributed by atoms with Gasteiger partial charge in [0.25, 0.3) is 0 Å². The molecule has 0 N–H and O–H groups in total. The van der Waals surface area contributed by atoms with Gasteiger partial charge in [-0.15, -0.1) is 22.0 Å². The lowest BCUT2D eigenvalue weighted by Crippen LogP contribution is -1.93. The quantitative estimate of drug-likeness (QED) is 0.545. The van der Waals surface area contributed by atoms with Crippen molar-refractivity contribution in [2.75, 3.05) is 0 Å². The zero-order valence-corrected chi connectivity index (χ0v) is 10.9. The monoisotopic (exact) mass is 276 g/mol. The summed E-state index contributed by atoms with van der Waals surface area (Å²) in [5.74, 6) is 1.61. The highest BCUT2D eigenvalue weighted by molar-refractivity contribution is 7.98. The van der Waals surface area contributed by atoms with E-state index in [0.29, 0.717) is 5.15 Å². The van der Waals surface area contributed by atoms with Crippen LogP contribution in [0.2, 0.25) is 5.15 Å². The first-order chi connectivity index (χ1) is 8.83. The molecule has 0 atom stereocenters. The normalized spacial score (nSPS) is 10.9. The summed E-state index contributed by atoms with van der Waals surface area (Å²) < 4.78 is 1.85. The number of nitrogens with zero attached hydrogens (tertiary/aromatic N) is 4. The minimum atomic E-state index is 0.428. The zero-order chi connectivity index (χ0) is 12.4. The fourth-order valence-electron chi connectivity index (χ4n) is 1.58. The third-order valence-electron chi connectivity index (χ3n) is 2.45. The molecule has 2 aromatic heterocycles. The molecule has 0 saturated heterocycles. The van der Waals surface area contributed by atoms with Crippen LogP contribution >= 0.6 is 23.4 Å². The molecule has 3 rings (SSSR count). The first kappa shape index (κ1) is 11.5. The summed E-state index contributed by atoms with van der Waals surface area (Å²) in [6.07, 6.45) is 1.65. The van der Waals surface area contributed by atoms with E-state index in [1.165, 1.54) is 4.90 Å². The van der Waals surface area contributed by atoms with Crippen molar-refractivity contribution >= 4 is 29.0 Å². The molecule has 0 spiro atoms. The Morgan fingerprint density at radius 3 is 2.83 bits per heavy atom. The van der Waals surface area contributed by atoms with E-state index >= 15 is 0 Å². The lowest BCUT2D eigenvalue weighted by molar-refractivity contribution is 0.968. The molecule has 0 fully saturated rings. The van der Waals surface area contributed by atoms with Gasteiger partial charge in [-0.25, -0.2) is 4.98 Å². The fraction of sp³-hybridized carbons (Fsp3) is 0.0833. The number of hydrogen-bond donors (Lipinski definition) is 0. The minimum Gasteiger partial charge on any atom is -0.268 e. The van der Waals surface area contributed by atoms with Gasteiger partial charge in [0.15, 0.2) is 5.65 Å². The molecule has 0 saturated carbocycles. The van der Waals surface area contributed by atoms with Crippen molar-refractivity contribution < 1.29 is 0 Å². The molecule has 0 amide bonds. The van der Waals surface area contributed by atoms with E-state index in [2.05, 4.69) is 27.3 Å². The average Bonchev–Trinajstić information content (AvgIpc) is 2.80. The zero-order valence-electron chi connectivity index (χ0n) is 9.32. The third-order valence-corrected chi connectivity index (χ3v) is 3.66. The summed E-state index contributed by atoms with van der Waals surface area (Å²) in [5, 5.41) is 8.64. The highest BCUT2D eigenvalue weighted by atomic mass is 35.5. The van der Waals surface area contributed by atoms with Crippen LogP contribution in [0.15, 0.2) is 47.6 Å². The molecule has 1 aromatic carbocycles. The summed E-state index contributed by atoms with van der Waals surface area (Å²) in [6, 6.07) is 11.9. The number of aromatic nitrogens is 4. The molecule has 18 heavy (non-hydrogen) atoms. The van der Waals surface area contributed by atoms with E-state index in [4.69, 9.17) is 11.6 Å². The van der Waals surface area contributed by atoms with Crippen molar-refractivity contribution in [3.63, 3.8) is 0 Å². The van der Waals surface area contributed by atoms with Gasteiger partial charge in [0.05, 0.1) is 5.75 Å². The van der Waals surface area contributed by atoms with Crippen LogP contribution < -0.4 is 0 Å². The van der Waals surface area contributed by atoms with Gasteiger partial charge in [0.1, 0.15) is 17.3 Å². The Hall–Kier alpha value is -1.59. The second kappa shape index (κ2) is 4.96. The van der Waals surface area contributed by atoms with Crippen LogP contribution in [0.1, 0.15) is 5.82 Å². The molecular weight excluding hydrogens is 268 g/mol. The van der Waals surface area contributed by atoms with Crippen molar-refractivity contribution in [2.45, 2.75) is 10.6 Å². The number of fused-ring (bicyclic) bond motifs is 1. The van der Waals surface area contributed by atoms with Crippen molar-refractivity contribution in [1.29, 1.82) is 0 Å². The second-order valence-corrected chi connectivity index (χ2v) is 5.09. The predicted molar refractivity (Wildman–Crippen MR) is 71.8 cm³/mol. The van der Waals surface area contributed by atoms with Gasteiger partial charge in [-0.1, -0.05) is 29.8 Å². The Kier molecular flexibility index (Phi) is 3.17. The second-order valence-electron chi connectivity index (χ2n) is 3.66. The Balaban J connectivity index is 1.83. The van der Waals surface area contributed by atoms with Crippen molar-refractivity contribution in [3.05, 3.63) is 53.7 Å². The lowest BCUT2D eigenvalue weighted by atomic mass is 10.4. The summed E-state index contributed by atoms with van der Waals surface area (Å²) in [6.45, 7) is 0. The molecule has 0 aliphatic rings. The van der Waals surface area contributed by atoms with E-state index in [1.807, 2.05) is 22.6 Å². The minimum absolute atomic E-state index is 0.428. The highest BCUT2D eigenvalue weighted by Crippen LogP contribution is 2.21. The van der Waals surface area contributed by atoms with Crippen molar-refractivity contribution in [2.24, 2.45) is 0 Å². The summed E-state index contributed by atoms with van der Waals surface area (Å²) >= 11 is 7.52. The van der Waals surface area contributed by atoms with Crippen LogP contribution in [0.4, 0.5) is 0 Å². The summed E-state index contributed by atoms with van der Waals surface area (Å²) in [7, 11) is 0. The third kappa shape index (κ3) is 2.32. The van der Waals surface area contributed by atoms with E-state index in [-0.39, 0.29) is 0 Å². The molecule has 0 aliphatic carbocycles. The van der Waals surface area contributed by atoms with Gasteiger partial charge < -0.3 is 0 Å². The van der Waals surface area contributed by atoms with Crippen LogP contribution in [0.5, 0.6) is 0 Å². The highest BCUT2D eigenvalue weighted by Gasteiger charge is 2.06. The van der Waals surface area contributed by atoms with Crippen LogP contribution in [0, 0.1) is 0 Å². The molecule has 4 nitrogen and oxygen atoms in total. The fourth-order valence-corrected chi connectivity index (χ4v) is 2.56. The van der Waals surface area contributed by atoms with E-state index in [0.717, 1.165) is 17.2 Å². The maximum Gasteiger partial charge on any atom is 0.165 e. The van der Waals surface area contributed by atoms with E-state index < -0.39 is 0 Å².